The Kier molecular flexibility index (Phi) is 6.98. The highest BCUT2D eigenvalue weighted by Crippen LogP contribution is 2.27. The minimum absolute atomic E-state index is 0.431. The van der Waals surface area contributed by atoms with E-state index in [1.807, 2.05) is 97.1 Å². The van der Waals surface area contributed by atoms with E-state index in [0.29, 0.717) is 23.2 Å². The third-order valence-corrected chi connectivity index (χ3v) is 5.09. The summed E-state index contributed by atoms with van der Waals surface area (Å²) in [5, 5.41) is 4.77. The Bertz CT molecular complexity index is 1130. The Balaban J connectivity index is 1.39. The lowest BCUT2D eigenvalue weighted by molar-refractivity contribution is 0.303. The predicted molar refractivity (Wildman–Crippen MR) is 128 cm³/mol. The first kappa shape index (κ1) is 21.1. The van der Waals surface area contributed by atoms with E-state index in [-0.39, 0.29) is 0 Å². The summed E-state index contributed by atoms with van der Waals surface area (Å²) >= 11 is 12.3. The molecule has 0 radical (unpaired) electrons. The molecule has 3 nitrogen and oxygen atoms in total. The lowest BCUT2D eigenvalue weighted by Crippen LogP contribution is -2.04. The fraction of sp³-hybridized carbons (Fsp3) is 0.0769. The summed E-state index contributed by atoms with van der Waals surface area (Å²) in [6.45, 7) is 1.01. The fourth-order valence-corrected chi connectivity index (χ4v) is 3.49. The molecule has 0 aromatic heterocycles. The van der Waals surface area contributed by atoms with Gasteiger partial charge in [-0.25, -0.2) is 0 Å². The molecule has 0 aliphatic carbocycles. The molecule has 4 aromatic rings. The number of hydrogen-bond acceptors (Lipinski definition) is 3. The number of nitrogens with one attached hydrogen (secondary N) is 1. The van der Waals surface area contributed by atoms with Gasteiger partial charge in [0.15, 0.2) is 0 Å². The lowest BCUT2D eigenvalue weighted by Gasteiger charge is -2.14. The molecular weight excluding hydrogens is 429 g/mol. The summed E-state index contributed by atoms with van der Waals surface area (Å²) in [6, 6.07) is 30.8. The van der Waals surface area contributed by atoms with Crippen molar-refractivity contribution >= 4 is 28.9 Å². The van der Waals surface area contributed by atoms with Crippen molar-refractivity contribution in [3.63, 3.8) is 0 Å². The van der Waals surface area contributed by atoms with Crippen molar-refractivity contribution in [2.45, 2.75) is 13.2 Å². The Morgan fingerprint density at radius 2 is 1.42 bits per heavy atom. The molecular formula is C26H21Cl2NO2. The number of anilines is 1. The summed E-state index contributed by atoms with van der Waals surface area (Å²) in [4.78, 5) is 0. The summed E-state index contributed by atoms with van der Waals surface area (Å²) in [7, 11) is 0. The lowest BCUT2D eigenvalue weighted by atomic mass is 10.2. The molecule has 0 saturated carbocycles. The van der Waals surface area contributed by atoms with Gasteiger partial charge < -0.3 is 14.8 Å². The van der Waals surface area contributed by atoms with Crippen molar-refractivity contribution in [2.75, 3.05) is 5.32 Å². The fourth-order valence-electron chi connectivity index (χ4n) is 3.08. The molecule has 0 unspecified atom stereocenters. The van der Waals surface area contributed by atoms with Crippen LogP contribution in [0.1, 0.15) is 11.1 Å². The highest BCUT2D eigenvalue weighted by Gasteiger charge is 2.07. The van der Waals surface area contributed by atoms with Crippen molar-refractivity contribution in [1.82, 2.24) is 0 Å². The summed E-state index contributed by atoms with van der Waals surface area (Å²) in [5.41, 5.74) is 2.95. The van der Waals surface area contributed by atoms with Crippen LogP contribution < -0.4 is 14.8 Å². The van der Waals surface area contributed by atoms with Gasteiger partial charge in [0.1, 0.15) is 23.9 Å². The maximum atomic E-state index is 6.22. The number of hydrogen-bond donors (Lipinski definition) is 1. The summed E-state index contributed by atoms with van der Waals surface area (Å²) < 4.78 is 11.9. The van der Waals surface area contributed by atoms with Crippen LogP contribution in [-0.2, 0) is 13.2 Å². The Morgan fingerprint density at radius 3 is 2.19 bits per heavy atom. The second-order valence-electron chi connectivity index (χ2n) is 6.96. The molecule has 0 bridgehead atoms. The molecule has 4 rings (SSSR count). The van der Waals surface area contributed by atoms with E-state index < -0.39 is 0 Å². The largest absolute Gasteiger partial charge is 0.489 e. The van der Waals surface area contributed by atoms with Crippen molar-refractivity contribution in [2.24, 2.45) is 0 Å². The van der Waals surface area contributed by atoms with E-state index >= 15 is 0 Å². The smallest absolute Gasteiger partial charge is 0.127 e. The molecule has 0 amide bonds. The Hall–Kier alpha value is -3.14. The third kappa shape index (κ3) is 6.17. The van der Waals surface area contributed by atoms with Gasteiger partial charge in [0.25, 0.3) is 0 Å². The number of halogens is 2. The SMILES string of the molecule is Clc1cccc(COc2ccc(Cl)cc2CNc2ccc(Oc3ccccc3)cc2)c1. The van der Waals surface area contributed by atoms with E-state index in [4.69, 9.17) is 32.7 Å². The Morgan fingerprint density at radius 1 is 0.677 bits per heavy atom. The minimum Gasteiger partial charge on any atom is -0.489 e. The second kappa shape index (κ2) is 10.3. The van der Waals surface area contributed by atoms with Gasteiger partial charge in [0.2, 0.25) is 0 Å². The van der Waals surface area contributed by atoms with E-state index in [1.165, 1.54) is 0 Å². The first-order valence-electron chi connectivity index (χ1n) is 9.88. The van der Waals surface area contributed by atoms with Crippen LogP contribution in [0, 0.1) is 0 Å². The molecule has 0 spiro atoms. The van der Waals surface area contributed by atoms with Crippen molar-refractivity contribution in [3.8, 4) is 17.2 Å². The highest BCUT2D eigenvalue weighted by atomic mass is 35.5. The molecule has 0 aliphatic heterocycles. The van der Waals surface area contributed by atoms with Crippen LogP contribution >= 0.6 is 23.2 Å². The number of para-hydroxylation sites is 1. The number of benzene rings is 4. The van der Waals surface area contributed by atoms with Crippen LogP contribution in [0.2, 0.25) is 10.0 Å². The van der Waals surface area contributed by atoms with Crippen LogP contribution in [-0.4, -0.2) is 0 Å². The third-order valence-electron chi connectivity index (χ3n) is 4.62. The summed E-state index contributed by atoms with van der Waals surface area (Å²) in [6.07, 6.45) is 0. The van der Waals surface area contributed by atoms with Gasteiger partial charge in [0.05, 0.1) is 0 Å². The van der Waals surface area contributed by atoms with Crippen LogP contribution in [0.25, 0.3) is 0 Å². The standard InChI is InChI=1S/C26H21Cl2NO2/c27-21-6-4-5-19(15-21)18-30-26-14-9-22(28)16-20(26)17-29-23-10-12-25(13-11-23)31-24-7-2-1-3-8-24/h1-16,29H,17-18H2. The van der Waals surface area contributed by atoms with Crippen LogP contribution in [0.15, 0.2) is 97.1 Å². The molecule has 0 saturated heterocycles. The molecule has 0 aliphatic rings. The molecule has 0 atom stereocenters. The van der Waals surface area contributed by atoms with Crippen LogP contribution in [0.3, 0.4) is 0 Å². The topological polar surface area (TPSA) is 30.5 Å². The number of ether oxygens (including phenoxy) is 2. The van der Waals surface area contributed by atoms with Crippen LogP contribution in [0.5, 0.6) is 17.2 Å². The molecule has 1 N–H and O–H groups in total. The maximum Gasteiger partial charge on any atom is 0.127 e. The first-order chi connectivity index (χ1) is 15.2. The Labute approximate surface area is 192 Å². The van der Waals surface area contributed by atoms with E-state index in [1.54, 1.807) is 0 Å². The molecule has 31 heavy (non-hydrogen) atoms. The molecule has 4 aromatic carbocycles. The van der Waals surface area contributed by atoms with E-state index in [2.05, 4.69) is 5.32 Å². The zero-order chi connectivity index (χ0) is 21.5. The van der Waals surface area contributed by atoms with Crippen molar-refractivity contribution in [3.05, 3.63) is 118 Å². The van der Waals surface area contributed by atoms with Gasteiger partial charge in [-0.2, -0.15) is 0 Å². The normalized spacial score (nSPS) is 10.5. The van der Waals surface area contributed by atoms with Gasteiger partial charge in [-0.15, -0.1) is 0 Å². The number of rotatable bonds is 8. The average Bonchev–Trinajstić information content (AvgIpc) is 2.79. The second-order valence-corrected chi connectivity index (χ2v) is 7.84. The molecule has 0 fully saturated rings. The minimum atomic E-state index is 0.431. The molecule has 5 heteroatoms. The van der Waals surface area contributed by atoms with Gasteiger partial charge in [0, 0.05) is 27.8 Å². The summed E-state index contributed by atoms with van der Waals surface area (Å²) in [5.74, 6) is 2.37. The molecule has 156 valence electrons. The van der Waals surface area contributed by atoms with Gasteiger partial charge >= 0.3 is 0 Å². The van der Waals surface area contributed by atoms with E-state index in [9.17, 15) is 0 Å². The zero-order valence-electron chi connectivity index (χ0n) is 16.7. The van der Waals surface area contributed by atoms with E-state index in [0.717, 1.165) is 34.1 Å². The van der Waals surface area contributed by atoms with Crippen molar-refractivity contribution in [1.29, 1.82) is 0 Å². The zero-order valence-corrected chi connectivity index (χ0v) is 18.2. The average molecular weight is 450 g/mol. The van der Waals surface area contributed by atoms with Gasteiger partial charge in [-0.05, 0) is 72.3 Å². The van der Waals surface area contributed by atoms with Gasteiger partial charge in [-0.3, -0.25) is 0 Å². The highest BCUT2D eigenvalue weighted by molar-refractivity contribution is 6.30. The van der Waals surface area contributed by atoms with Crippen LogP contribution in [0.4, 0.5) is 5.69 Å². The molecule has 0 heterocycles. The van der Waals surface area contributed by atoms with Crippen molar-refractivity contribution < 1.29 is 9.47 Å². The van der Waals surface area contributed by atoms with Gasteiger partial charge in [-0.1, -0.05) is 53.5 Å². The maximum absolute atomic E-state index is 6.22. The quantitative estimate of drug-likeness (QED) is 0.295. The first-order valence-corrected chi connectivity index (χ1v) is 10.6. The monoisotopic (exact) mass is 449 g/mol. The predicted octanol–water partition coefficient (Wildman–Crippen LogP) is 7.98.